The monoisotopic (exact) mass is 441 g/mol. The van der Waals surface area contributed by atoms with Crippen molar-refractivity contribution in [2.75, 3.05) is 6.54 Å². The van der Waals surface area contributed by atoms with Crippen molar-refractivity contribution in [3.05, 3.63) is 69.3 Å². The first-order chi connectivity index (χ1) is 15.0. The minimum absolute atomic E-state index is 0.0815. The summed E-state index contributed by atoms with van der Waals surface area (Å²) in [5.74, 6) is -1.48. The van der Waals surface area contributed by atoms with Crippen LogP contribution in [0.2, 0.25) is 0 Å². The summed E-state index contributed by atoms with van der Waals surface area (Å²) in [4.78, 5) is 49.1. The molecule has 3 amide bonds. The maximum Gasteiger partial charge on any atom is 0.407 e. The summed E-state index contributed by atoms with van der Waals surface area (Å²) in [5.41, 5.74) is -0.199. The zero-order chi connectivity index (χ0) is 23.6. The Morgan fingerprint density at radius 1 is 1.16 bits per heavy atom. The van der Waals surface area contributed by atoms with Crippen LogP contribution in [0.5, 0.6) is 5.75 Å². The standard InChI is InChI=1S/C22H23N3O7/c1-22(2,3)32-21(29)23-14(10-13-8-9-17(25(30)31)18(26)11-13)12-24-19(27)15-6-4-5-7-16(15)20(24)28/h4-9,11,14,26H,10,12H2,1-3H3,(H,23,29)/t14-/m0/s1. The van der Waals surface area contributed by atoms with E-state index in [2.05, 4.69) is 5.32 Å². The second kappa shape index (κ2) is 8.66. The quantitative estimate of drug-likeness (QED) is 0.399. The Bertz CT molecular complexity index is 1060. The number of benzene rings is 2. The summed E-state index contributed by atoms with van der Waals surface area (Å²) in [7, 11) is 0. The van der Waals surface area contributed by atoms with Gasteiger partial charge in [-0.1, -0.05) is 18.2 Å². The lowest BCUT2D eigenvalue weighted by molar-refractivity contribution is -0.385. The van der Waals surface area contributed by atoms with Crippen LogP contribution in [-0.4, -0.2) is 51.0 Å². The number of hydrogen-bond acceptors (Lipinski definition) is 7. The third kappa shape index (κ3) is 5.02. The molecule has 0 radical (unpaired) electrons. The molecule has 0 aliphatic carbocycles. The average Bonchev–Trinajstić information content (AvgIpc) is 2.91. The van der Waals surface area contributed by atoms with Crippen LogP contribution in [0.4, 0.5) is 10.5 Å². The van der Waals surface area contributed by atoms with Crippen LogP contribution in [0.1, 0.15) is 47.1 Å². The number of phenols is 1. The molecule has 32 heavy (non-hydrogen) atoms. The molecule has 0 saturated carbocycles. The fourth-order valence-electron chi connectivity index (χ4n) is 3.40. The van der Waals surface area contributed by atoms with Gasteiger partial charge in [-0.25, -0.2) is 4.79 Å². The number of nitro benzene ring substituents is 1. The van der Waals surface area contributed by atoms with Gasteiger partial charge in [-0.3, -0.25) is 24.6 Å². The van der Waals surface area contributed by atoms with E-state index < -0.39 is 45.9 Å². The van der Waals surface area contributed by atoms with E-state index in [1.54, 1.807) is 45.0 Å². The van der Waals surface area contributed by atoms with E-state index in [1.807, 2.05) is 0 Å². The number of nitrogens with one attached hydrogen (secondary N) is 1. The number of aromatic hydroxyl groups is 1. The highest BCUT2D eigenvalue weighted by molar-refractivity contribution is 6.21. The molecule has 1 aliphatic heterocycles. The number of nitrogens with zero attached hydrogens (tertiary/aromatic N) is 2. The molecule has 10 heteroatoms. The first-order valence-corrected chi connectivity index (χ1v) is 9.87. The Labute approximate surface area is 183 Å². The Morgan fingerprint density at radius 3 is 2.25 bits per heavy atom. The third-order valence-electron chi connectivity index (χ3n) is 4.72. The first-order valence-electron chi connectivity index (χ1n) is 9.87. The van der Waals surface area contributed by atoms with Gasteiger partial charge in [0.2, 0.25) is 0 Å². The largest absolute Gasteiger partial charge is 0.502 e. The highest BCUT2D eigenvalue weighted by atomic mass is 16.6. The summed E-state index contributed by atoms with van der Waals surface area (Å²) in [6.45, 7) is 4.93. The van der Waals surface area contributed by atoms with Crippen molar-refractivity contribution in [2.24, 2.45) is 0 Å². The molecule has 0 saturated heterocycles. The topological polar surface area (TPSA) is 139 Å². The summed E-state index contributed by atoms with van der Waals surface area (Å²) < 4.78 is 5.28. The normalized spacial score (nSPS) is 14.2. The molecule has 1 atom stereocenters. The van der Waals surface area contributed by atoms with Crippen LogP contribution in [0, 0.1) is 10.1 Å². The van der Waals surface area contributed by atoms with Gasteiger partial charge in [-0.05, 0) is 51.0 Å². The molecule has 168 valence electrons. The number of alkyl carbamates (subject to hydrolysis) is 1. The third-order valence-corrected chi connectivity index (χ3v) is 4.72. The van der Waals surface area contributed by atoms with Crippen molar-refractivity contribution >= 4 is 23.6 Å². The van der Waals surface area contributed by atoms with Crippen LogP contribution in [0.15, 0.2) is 42.5 Å². The van der Waals surface area contributed by atoms with Gasteiger partial charge in [0.15, 0.2) is 5.75 Å². The lowest BCUT2D eigenvalue weighted by atomic mass is 10.0. The molecule has 0 aromatic heterocycles. The maximum absolute atomic E-state index is 12.7. The number of hydrogen-bond donors (Lipinski definition) is 2. The number of rotatable bonds is 6. The number of phenolic OH excluding ortho intramolecular Hbond substituents is 1. The van der Waals surface area contributed by atoms with E-state index in [1.165, 1.54) is 12.1 Å². The zero-order valence-electron chi connectivity index (χ0n) is 17.8. The van der Waals surface area contributed by atoms with Gasteiger partial charge < -0.3 is 15.2 Å². The van der Waals surface area contributed by atoms with Crippen molar-refractivity contribution < 1.29 is 29.2 Å². The van der Waals surface area contributed by atoms with E-state index >= 15 is 0 Å². The van der Waals surface area contributed by atoms with Crippen LogP contribution >= 0.6 is 0 Å². The predicted molar refractivity (Wildman–Crippen MR) is 113 cm³/mol. The lowest BCUT2D eigenvalue weighted by Crippen LogP contribution is -2.48. The van der Waals surface area contributed by atoms with Crippen molar-refractivity contribution in [1.29, 1.82) is 0 Å². The number of nitro groups is 1. The minimum Gasteiger partial charge on any atom is -0.502 e. The van der Waals surface area contributed by atoms with Crippen LogP contribution < -0.4 is 5.32 Å². The molecular weight excluding hydrogens is 418 g/mol. The number of fused-ring (bicyclic) bond motifs is 1. The Hall–Kier alpha value is -3.95. The van der Waals surface area contributed by atoms with E-state index in [9.17, 15) is 29.6 Å². The molecule has 10 nitrogen and oxygen atoms in total. The van der Waals surface area contributed by atoms with Crippen molar-refractivity contribution in [1.82, 2.24) is 10.2 Å². The molecule has 3 rings (SSSR count). The first kappa shape index (κ1) is 22.7. The van der Waals surface area contributed by atoms with E-state index in [-0.39, 0.29) is 24.1 Å². The summed E-state index contributed by atoms with van der Waals surface area (Å²) in [5, 5.41) is 23.5. The molecule has 2 aromatic carbocycles. The number of carbonyl (C=O) groups is 3. The second-order valence-corrected chi connectivity index (χ2v) is 8.39. The van der Waals surface area contributed by atoms with Crippen LogP contribution in [-0.2, 0) is 11.2 Å². The van der Waals surface area contributed by atoms with Gasteiger partial charge in [0, 0.05) is 6.07 Å². The molecule has 0 fully saturated rings. The van der Waals surface area contributed by atoms with Crippen LogP contribution in [0.3, 0.4) is 0 Å². The van der Waals surface area contributed by atoms with Crippen molar-refractivity contribution in [3.63, 3.8) is 0 Å². The molecule has 1 heterocycles. The lowest BCUT2D eigenvalue weighted by Gasteiger charge is -2.26. The van der Waals surface area contributed by atoms with E-state index in [4.69, 9.17) is 4.74 Å². The van der Waals surface area contributed by atoms with Gasteiger partial charge in [0.05, 0.1) is 28.6 Å². The van der Waals surface area contributed by atoms with E-state index in [0.717, 1.165) is 11.0 Å². The highest BCUT2D eigenvalue weighted by Gasteiger charge is 2.37. The second-order valence-electron chi connectivity index (χ2n) is 8.39. The summed E-state index contributed by atoms with van der Waals surface area (Å²) in [6, 6.07) is 9.45. The molecule has 2 N–H and O–H groups in total. The fourth-order valence-corrected chi connectivity index (χ4v) is 3.40. The molecule has 2 aromatic rings. The maximum atomic E-state index is 12.7. The number of amides is 3. The number of ether oxygens (including phenoxy) is 1. The van der Waals surface area contributed by atoms with Crippen molar-refractivity contribution in [2.45, 2.75) is 38.8 Å². The predicted octanol–water partition coefficient (Wildman–Crippen LogP) is 3.03. The van der Waals surface area contributed by atoms with Gasteiger partial charge in [-0.15, -0.1) is 0 Å². The van der Waals surface area contributed by atoms with Gasteiger partial charge in [-0.2, -0.15) is 0 Å². The summed E-state index contributed by atoms with van der Waals surface area (Å²) >= 11 is 0. The molecule has 0 bridgehead atoms. The fraction of sp³-hybridized carbons (Fsp3) is 0.318. The van der Waals surface area contributed by atoms with Crippen LogP contribution in [0.25, 0.3) is 0 Å². The Balaban J connectivity index is 1.84. The SMILES string of the molecule is CC(C)(C)OC(=O)N[C@@H](Cc1ccc([N+](=O)[O-])c(O)c1)CN1C(=O)c2ccccc2C1=O. The molecule has 0 spiro atoms. The highest BCUT2D eigenvalue weighted by Crippen LogP contribution is 2.27. The average molecular weight is 441 g/mol. The molecular formula is C22H23N3O7. The van der Waals surface area contributed by atoms with Crippen molar-refractivity contribution in [3.8, 4) is 5.75 Å². The minimum atomic E-state index is -0.770. The smallest absolute Gasteiger partial charge is 0.407 e. The Kier molecular flexibility index (Phi) is 6.15. The number of carbonyl (C=O) groups excluding carboxylic acids is 3. The molecule has 1 aliphatic rings. The Morgan fingerprint density at radius 2 is 1.75 bits per heavy atom. The van der Waals surface area contributed by atoms with Gasteiger partial charge in [0.25, 0.3) is 11.8 Å². The molecule has 0 unspecified atom stereocenters. The zero-order valence-corrected chi connectivity index (χ0v) is 17.8. The number of imide groups is 1. The van der Waals surface area contributed by atoms with Gasteiger partial charge >= 0.3 is 11.8 Å². The summed E-state index contributed by atoms with van der Waals surface area (Å²) in [6.07, 6.45) is -0.664. The van der Waals surface area contributed by atoms with Gasteiger partial charge in [0.1, 0.15) is 5.60 Å². The van der Waals surface area contributed by atoms with E-state index in [0.29, 0.717) is 5.56 Å².